The quantitative estimate of drug-likeness (QED) is 0.131. The molecule has 0 saturated heterocycles. The van der Waals surface area contributed by atoms with E-state index in [4.69, 9.17) is 5.73 Å². The van der Waals surface area contributed by atoms with Crippen LogP contribution in [-0.2, 0) is 32.1 Å². The van der Waals surface area contributed by atoms with E-state index in [1.807, 2.05) is 0 Å². The molecule has 13 heteroatoms. The highest BCUT2D eigenvalue weighted by atomic mass is 16.5. The van der Waals surface area contributed by atoms with Gasteiger partial charge in [-0.3, -0.25) is 24.1 Å². The van der Waals surface area contributed by atoms with E-state index in [2.05, 4.69) is 10.1 Å². The number of allylic oxidation sites excluding steroid dienone is 1. The Hall–Kier alpha value is -3.94. The minimum Gasteiger partial charge on any atom is -0.510 e. The molecule has 0 bridgehead atoms. The molecular weight excluding hydrogens is 548 g/mol. The van der Waals surface area contributed by atoms with Crippen LogP contribution < -0.4 is 16.0 Å². The van der Waals surface area contributed by atoms with Crippen molar-refractivity contribution in [3.05, 3.63) is 45.4 Å². The van der Waals surface area contributed by atoms with Crippen LogP contribution in [0.3, 0.4) is 0 Å². The SMILES string of the molecule is COC(=O)CCCNCc1cc(N(C)C)c2c(c1O)C(=O)C1=C(O)[C@]3(O)C(=O)C(C(N)=O)=C(O)[C@@H](N(C)C)[C@@H]3C[C@@H]1C2. The minimum absolute atomic E-state index is 0.0168. The summed E-state index contributed by atoms with van der Waals surface area (Å²) in [5.41, 5.74) is 3.21. The number of fused-ring (bicyclic) bond motifs is 3. The Morgan fingerprint density at radius 2 is 1.83 bits per heavy atom. The number of aliphatic hydroxyl groups is 3. The molecule has 0 radical (unpaired) electrons. The minimum atomic E-state index is -2.69. The molecule has 4 atom stereocenters. The standard InChI is InChI=1S/C29H38N4O9/c1-32(2)17-11-14(12-31-8-6-7-18(34)42-5)23(35)20-15(17)9-13-10-16-22(33(3)4)25(37)21(28(30)40)27(39)29(16,41)26(38)19(13)24(20)36/h11,13,16,22,31,35,37-38,41H,6-10,12H2,1-5H3,(H2,30,40)/t13-,16-,22-,29-/m0/s1. The van der Waals surface area contributed by atoms with E-state index >= 15 is 0 Å². The van der Waals surface area contributed by atoms with Crippen LogP contribution in [0.15, 0.2) is 28.7 Å². The Morgan fingerprint density at radius 3 is 2.40 bits per heavy atom. The summed E-state index contributed by atoms with van der Waals surface area (Å²) in [4.78, 5) is 54.4. The van der Waals surface area contributed by atoms with E-state index in [1.165, 1.54) is 12.0 Å². The number of hydrogen-bond acceptors (Lipinski definition) is 12. The highest BCUT2D eigenvalue weighted by Crippen LogP contribution is 2.53. The number of ether oxygens (including phenoxy) is 1. The first-order chi connectivity index (χ1) is 19.7. The number of nitrogens with zero attached hydrogens (tertiary/aromatic N) is 2. The molecule has 0 spiro atoms. The van der Waals surface area contributed by atoms with Crippen LogP contribution >= 0.6 is 0 Å². The third-order valence-corrected chi connectivity index (χ3v) is 8.54. The second-order valence-corrected chi connectivity index (χ2v) is 11.5. The average Bonchev–Trinajstić information content (AvgIpc) is 2.90. The number of carbonyl (C=O) groups excluding carboxylic acids is 4. The Bertz CT molecular complexity index is 1410. The van der Waals surface area contributed by atoms with Gasteiger partial charge >= 0.3 is 5.97 Å². The first-order valence-corrected chi connectivity index (χ1v) is 13.7. The number of amides is 1. The van der Waals surface area contributed by atoms with E-state index in [0.29, 0.717) is 29.8 Å². The first-order valence-electron chi connectivity index (χ1n) is 13.7. The van der Waals surface area contributed by atoms with Gasteiger partial charge in [-0.2, -0.15) is 0 Å². The Kier molecular flexibility index (Phi) is 8.40. The summed E-state index contributed by atoms with van der Waals surface area (Å²) in [7, 11) is 8.07. The van der Waals surface area contributed by atoms with Crippen molar-refractivity contribution in [3.63, 3.8) is 0 Å². The summed E-state index contributed by atoms with van der Waals surface area (Å²) >= 11 is 0. The van der Waals surface area contributed by atoms with Crippen LogP contribution in [0.1, 0.15) is 40.7 Å². The molecule has 4 rings (SSSR count). The van der Waals surface area contributed by atoms with E-state index < -0.39 is 58.0 Å². The largest absolute Gasteiger partial charge is 0.510 e. The van der Waals surface area contributed by atoms with Crippen molar-refractivity contribution in [1.29, 1.82) is 0 Å². The topological polar surface area (TPSA) is 203 Å². The maximum absolute atomic E-state index is 14.1. The van der Waals surface area contributed by atoms with Gasteiger partial charge in [-0.15, -0.1) is 0 Å². The van der Waals surface area contributed by atoms with Gasteiger partial charge in [0, 0.05) is 49.8 Å². The molecule has 42 heavy (non-hydrogen) atoms. The van der Waals surface area contributed by atoms with Gasteiger partial charge in [-0.1, -0.05) is 0 Å². The van der Waals surface area contributed by atoms with Gasteiger partial charge in [0.05, 0.1) is 18.7 Å². The molecule has 3 aliphatic carbocycles. The first kappa shape index (κ1) is 31.0. The number of aromatic hydroxyl groups is 1. The number of likely N-dealkylation sites (N-methyl/N-ethyl adjacent to an activating group) is 1. The van der Waals surface area contributed by atoms with Crippen LogP contribution in [0.25, 0.3) is 0 Å². The molecule has 0 unspecified atom stereocenters. The van der Waals surface area contributed by atoms with Gasteiger partial charge in [0.2, 0.25) is 5.78 Å². The van der Waals surface area contributed by atoms with Crippen molar-refractivity contribution >= 4 is 29.1 Å². The Morgan fingerprint density at radius 1 is 1.17 bits per heavy atom. The van der Waals surface area contributed by atoms with Crippen LogP contribution in [0.4, 0.5) is 5.69 Å². The van der Waals surface area contributed by atoms with Gasteiger partial charge in [0.1, 0.15) is 22.8 Å². The summed E-state index contributed by atoms with van der Waals surface area (Å²) in [5.74, 6) is -7.19. The number of rotatable bonds is 9. The number of phenols is 1. The number of Topliss-reactive ketones (excluding diaryl/α,β-unsaturated/α-hetero) is 2. The van der Waals surface area contributed by atoms with E-state index in [0.717, 1.165) is 0 Å². The van der Waals surface area contributed by atoms with Crippen molar-refractivity contribution in [2.24, 2.45) is 17.6 Å². The number of phenolic OH excluding ortho intramolecular Hbond substituents is 1. The molecule has 0 aromatic heterocycles. The number of benzene rings is 1. The molecule has 228 valence electrons. The number of carbonyl (C=O) groups is 4. The van der Waals surface area contributed by atoms with E-state index in [-0.39, 0.29) is 48.7 Å². The molecule has 0 saturated carbocycles. The lowest BCUT2D eigenvalue weighted by Gasteiger charge is -2.50. The van der Waals surface area contributed by atoms with Gasteiger partial charge in [0.15, 0.2) is 11.4 Å². The van der Waals surface area contributed by atoms with Gasteiger partial charge in [-0.25, -0.2) is 0 Å². The number of methoxy groups -OCH3 is 1. The summed E-state index contributed by atoms with van der Waals surface area (Å²) < 4.78 is 4.64. The molecule has 1 aromatic carbocycles. The second-order valence-electron chi connectivity index (χ2n) is 11.5. The van der Waals surface area contributed by atoms with Crippen molar-refractivity contribution in [1.82, 2.24) is 10.2 Å². The highest BCUT2D eigenvalue weighted by Gasteiger charge is 2.63. The molecule has 1 aromatic rings. The Balaban J connectivity index is 1.80. The van der Waals surface area contributed by atoms with Crippen molar-refractivity contribution in [2.75, 3.05) is 46.7 Å². The predicted molar refractivity (Wildman–Crippen MR) is 151 cm³/mol. The third kappa shape index (κ3) is 4.80. The van der Waals surface area contributed by atoms with Crippen LogP contribution in [0.2, 0.25) is 0 Å². The number of aliphatic hydroxyl groups excluding tert-OH is 2. The number of nitrogens with one attached hydrogen (secondary N) is 1. The van der Waals surface area contributed by atoms with Crippen LogP contribution in [0, 0.1) is 11.8 Å². The second kappa shape index (κ2) is 11.4. The lowest BCUT2D eigenvalue weighted by molar-refractivity contribution is -0.148. The van der Waals surface area contributed by atoms with Gasteiger partial charge in [0.25, 0.3) is 5.91 Å². The molecule has 13 nitrogen and oxygen atoms in total. The number of primary amides is 1. The zero-order chi connectivity index (χ0) is 31.3. The number of esters is 1. The number of anilines is 1. The fourth-order valence-electron chi connectivity index (χ4n) is 6.57. The summed E-state index contributed by atoms with van der Waals surface area (Å²) in [6.07, 6.45) is 0.933. The molecule has 1 amide bonds. The highest BCUT2D eigenvalue weighted by molar-refractivity contribution is 6.25. The molecular formula is C29H38N4O9. The predicted octanol–water partition coefficient (Wildman–Crippen LogP) is 0.229. The molecule has 0 fully saturated rings. The molecule has 3 aliphatic rings. The lowest BCUT2D eigenvalue weighted by atomic mass is 9.58. The summed E-state index contributed by atoms with van der Waals surface area (Å²) in [5, 5.41) is 48.6. The molecule has 0 aliphatic heterocycles. The summed E-state index contributed by atoms with van der Waals surface area (Å²) in [6, 6.07) is 0.716. The zero-order valence-electron chi connectivity index (χ0n) is 24.4. The number of hydrogen-bond donors (Lipinski definition) is 6. The molecule has 7 N–H and O–H groups in total. The van der Waals surface area contributed by atoms with Crippen molar-refractivity contribution in [2.45, 2.75) is 43.9 Å². The van der Waals surface area contributed by atoms with Gasteiger partial charge < -0.3 is 41.1 Å². The molecule has 0 heterocycles. The van der Waals surface area contributed by atoms with Gasteiger partial charge in [-0.05, 0) is 57.5 Å². The fraction of sp³-hybridized carbons (Fsp3) is 0.517. The van der Waals surface area contributed by atoms with Crippen molar-refractivity contribution < 1.29 is 44.3 Å². The average molecular weight is 587 g/mol. The summed E-state index contributed by atoms with van der Waals surface area (Å²) in [6.45, 7) is 0.612. The third-order valence-electron chi connectivity index (χ3n) is 8.54. The monoisotopic (exact) mass is 586 g/mol. The van der Waals surface area contributed by atoms with E-state index in [9.17, 15) is 39.6 Å². The van der Waals surface area contributed by atoms with Crippen LogP contribution in [-0.4, -0.2) is 102 Å². The van der Waals surface area contributed by atoms with Crippen LogP contribution in [0.5, 0.6) is 5.75 Å². The number of ketones is 2. The fourth-order valence-corrected chi connectivity index (χ4v) is 6.57. The number of nitrogens with two attached hydrogens (primary N) is 1. The lowest BCUT2D eigenvalue weighted by Crippen LogP contribution is -2.63. The maximum atomic E-state index is 14.1. The normalized spacial score (nSPS) is 25.3. The zero-order valence-corrected chi connectivity index (χ0v) is 24.4. The Labute approximate surface area is 243 Å². The smallest absolute Gasteiger partial charge is 0.305 e. The van der Waals surface area contributed by atoms with Crippen molar-refractivity contribution in [3.8, 4) is 5.75 Å². The van der Waals surface area contributed by atoms with E-state index in [1.54, 1.807) is 39.2 Å². The maximum Gasteiger partial charge on any atom is 0.305 e.